The Labute approximate surface area is 117 Å². The number of hydrogen-bond acceptors (Lipinski definition) is 1. The number of hydrogen-bond donors (Lipinski definition) is 0. The summed E-state index contributed by atoms with van der Waals surface area (Å²) in [5, 5.41) is 0. The average molecular weight is 382 g/mol. The molecule has 0 aliphatic heterocycles. The van der Waals surface area contributed by atoms with E-state index >= 15 is 0 Å². The van der Waals surface area contributed by atoms with Gasteiger partial charge in [-0.2, -0.15) is 61.5 Å². The highest BCUT2D eigenvalue weighted by Gasteiger charge is 2.71. The van der Waals surface area contributed by atoms with Gasteiger partial charge in [0.05, 0.1) is 0 Å². The van der Waals surface area contributed by atoms with Crippen LogP contribution in [0.1, 0.15) is 12.8 Å². The predicted molar refractivity (Wildman–Crippen MR) is 42.2 cm³/mol. The lowest BCUT2D eigenvalue weighted by atomic mass is 10.2. The molecule has 0 N–H and O–H groups in total. The van der Waals surface area contributed by atoms with Gasteiger partial charge in [0.15, 0.2) is 0 Å². The first kappa shape index (κ1) is 22.0. The van der Waals surface area contributed by atoms with E-state index in [9.17, 15) is 61.5 Å². The second kappa shape index (κ2) is 5.81. The summed E-state index contributed by atoms with van der Waals surface area (Å²) in [5.74, 6) is -12.9. The van der Waals surface area contributed by atoms with Gasteiger partial charge in [0.25, 0.3) is 0 Å². The third-order valence-electron chi connectivity index (χ3n) is 1.95. The first-order chi connectivity index (χ1) is 9.62. The van der Waals surface area contributed by atoms with Crippen LogP contribution >= 0.6 is 0 Å². The molecule has 0 saturated heterocycles. The zero-order chi connectivity index (χ0) is 19.1. The summed E-state index contributed by atoms with van der Waals surface area (Å²) in [4.78, 5) is 0. The zero-order valence-electron chi connectivity index (χ0n) is 10.1. The largest absolute Gasteiger partial charge is 0.424 e. The van der Waals surface area contributed by atoms with Crippen LogP contribution in [0.2, 0.25) is 0 Å². The van der Waals surface area contributed by atoms with E-state index in [2.05, 4.69) is 0 Å². The van der Waals surface area contributed by atoms with Crippen molar-refractivity contribution in [2.24, 2.45) is 0 Å². The molecule has 15 heteroatoms. The Hall–Kier alpha value is -1.02. The topological polar surface area (TPSA) is 9.23 Å². The molecule has 0 saturated carbocycles. The van der Waals surface area contributed by atoms with Gasteiger partial charge in [-0.1, -0.05) is 0 Å². The smallest absolute Gasteiger partial charge is 0.246 e. The molecule has 0 aromatic rings. The van der Waals surface area contributed by atoms with Gasteiger partial charge >= 0.3 is 36.4 Å². The first-order valence-electron chi connectivity index (χ1n) is 4.97. The van der Waals surface area contributed by atoms with E-state index in [1.165, 1.54) is 0 Å². The summed E-state index contributed by atoms with van der Waals surface area (Å²) in [6, 6.07) is 0. The monoisotopic (exact) mass is 382 g/mol. The van der Waals surface area contributed by atoms with Gasteiger partial charge in [-0.25, -0.2) is 4.74 Å². The van der Waals surface area contributed by atoms with E-state index in [0.717, 1.165) is 0 Å². The third kappa shape index (κ3) is 6.18. The summed E-state index contributed by atoms with van der Waals surface area (Å²) in [5.41, 5.74) is 0. The zero-order valence-corrected chi connectivity index (χ0v) is 10.1. The van der Waals surface area contributed by atoms with E-state index in [0.29, 0.717) is 0 Å². The van der Waals surface area contributed by atoms with Crippen LogP contribution in [-0.4, -0.2) is 36.4 Å². The molecule has 0 unspecified atom stereocenters. The number of rotatable bonds is 6. The molecule has 0 heterocycles. The van der Waals surface area contributed by atoms with Crippen molar-refractivity contribution in [2.45, 2.75) is 49.3 Å². The first-order valence-corrected chi connectivity index (χ1v) is 4.97. The van der Waals surface area contributed by atoms with E-state index in [1.54, 1.807) is 4.74 Å². The van der Waals surface area contributed by atoms with Crippen LogP contribution in [0, 0.1) is 0 Å². The van der Waals surface area contributed by atoms with Gasteiger partial charge < -0.3 is 0 Å². The molecule has 0 rings (SSSR count). The Bertz CT molecular complexity index is 366. The van der Waals surface area contributed by atoms with Gasteiger partial charge in [-0.15, -0.1) is 0 Å². The van der Waals surface area contributed by atoms with Crippen molar-refractivity contribution in [1.29, 1.82) is 0 Å². The van der Waals surface area contributed by atoms with Crippen LogP contribution < -0.4 is 0 Å². The summed E-state index contributed by atoms with van der Waals surface area (Å²) < 4.78 is 172. The van der Waals surface area contributed by atoms with Crippen LogP contribution in [0.15, 0.2) is 0 Å². The summed E-state index contributed by atoms with van der Waals surface area (Å²) in [6.07, 6.45) is -33.2. The molecule has 0 fully saturated rings. The fraction of sp³-hybridized carbons (Fsp3) is 1.00. The quantitative estimate of drug-likeness (QED) is 0.562. The molecule has 0 aromatic heterocycles. The molecule has 140 valence electrons. The molecule has 0 atom stereocenters. The van der Waals surface area contributed by atoms with E-state index in [4.69, 9.17) is 0 Å². The Kier molecular flexibility index (Phi) is 5.55. The van der Waals surface area contributed by atoms with Gasteiger partial charge in [0, 0.05) is 0 Å². The van der Waals surface area contributed by atoms with Crippen LogP contribution in [0.5, 0.6) is 0 Å². The Balaban J connectivity index is 5.41. The second-order valence-electron chi connectivity index (χ2n) is 4.13. The van der Waals surface area contributed by atoms with Crippen LogP contribution in [0.3, 0.4) is 0 Å². The molecule has 0 radical (unpaired) electrons. The lowest BCUT2D eigenvalue weighted by Gasteiger charge is -2.33. The van der Waals surface area contributed by atoms with Gasteiger partial charge in [0.2, 0.25) is 0 Å². The van der Waals surface area contributed by atoms with Crippen molar-refractivity contribution in [1.82, 2.24) is 0 Å². The molecular weight excluding hydrogens is 378 g/mol. The molecular formula is C8H4F14O. The Morgan fingerprint density at radius 1 is 0.435 bits per heavy atom. The van der Waals surface area contributed by atoms with Crippen molar-refractivity contribution in [3.05, 3.63) is 0 Å². The van der Waals surface area contributed by atoms with Gasteiger partial charge in [-0.05, 0) is 0 Å². The van der Waals surface area contributed by atoms with Crippen molar-refractivity contribution < 1.29 is 66.2 Å². The van der Waals surface area contributed by atoms with Crippen LogP contribution in [0.25, 0.3) is 0 Å². The summed E-state index contributed by atoms with van der Waals surface area (Å²) in [7, 11) is 0. The lowest BCUT2D eigenvalue weighted by Crippen LogP contribution is -2.55. The van der Waals surface area contributed by atoms with Crippen molar-refractivity contribution in [2.75, 3.05) is 0 Å². The number of halogens is 14. The Morgan fingerprint density at radius 3 is 0.826 bits per heavy atom. The van der Waals surface area contributed by atoms with E-state index < -0.39 is 49.3 Å². The molecule has 0 amide bonds. The number of ether oxygens (including phenoxy) is 1. The molecule has 0 bridgehead atoms. The van der Waals surface area contributed by atoms with Crippen molar-refractivity contribution in [3.63, 3.8) is 0 Å². The lowest BCUT2D eigenvalue weighted by molar-refractivity contribution is -0.476. The normalized spacial score (nSPS) is 15.9. The molecule has 0 spiro atoms. The van der Waals surface area contributed by atoms with E-state index in [1.807, 2.05) is 0 Å². The maximum absolute atomic E-state index is 12.6. The summed E-state index contributed by atoms with van der Waals surface area (Å²) in [6.45, 7) is 0. The van der Waals surface area contributed by atoms with Crippen LogP contribution in [-0.2, 0) is 4.74 Å². The molecule has 0 aliphatic carbocycles. The van der Waals surface area contributed by atoms with Gasteiger partial charge in [-0.3, -0.25) is 0 Å². The SMILES string of the molecule is FC(F)(F)CC(F)(F)C(F)(F)OC(F)(F)C(F)(F)CC(F)(F)F. The predicted octanol–water partition coefficient (Wildman–Crippen LogP) is 5.36. The fourth-order valence-corrected chi connectivity index (χ4v) is 1.02. The summed E-state index contributed by atoms with van der Waals surface area (Å²) >= 11 is 0. The maximum atomic E-state index is 12.6. The fourth-order valence-electron chi connectivity index (χ4n) is 1.02. The van der Waals surface area contributed by atoms with E-state index in [-0.39, 0.29) is 0 Å². The highest BCUT2D eigenvalue weighted by Crippen LogP contribution is 2.50. The van der Waals surface area contributed by atoms with Crippen molar-refractivity contribution >= 4 is 0 Å². The maximum Gasteiger partial charge on any atom is 0.424 e. The van der Waals surface area contributed by atoms with Crippen LogP contribution in [0.4, 0.5) is 61.5 Å². The molecule has 0 aromatic carbocycles. The standard InChI is InChI=1S/C8H4F14O/c9-3(10,1-5(13,14)15)7(19,20)23-8(21,22)4(11,12)2-6(16,17)18/h1-2H2. The van der Waals surface area contributed by atoms with Gasteiger partial charge in [0.1, 0.15) is 12.8 Å². The second-order valence-corrected chi connectivity index (χ2v) is 4.13. The highest BCUT2D eigenvalue weighted by molar-refractivity contribution is 4.86. The average Bonchev–Trinajstić information content (AvgIpc) is 2.05. The minimum Gasteiger partial charge on any atom is -0.246 e. The highest BCUT2D eigenvalue weighted by atomic mass is 19.4. The number of alkyl halides is 14. The molecule has 1 nitrogen and oxygen atoms in total. The Morgan fingerprint density at radius 2 is 0.652 bits per heavy atom. The third-order valence-corrected chi connectivity index (χ3v) is 1.95. The minimum absolute atomic E-state index is 1.68. The minimum atomic E-state index is -6.83. The van der Waals surface area contributed by atoms with Crippen molar-refractivity contribution in [3.8, 4) is 0 Å². The molecule has 0 aliphatic rings. The molecule has 23 heavy (non-hydrogen) atoms.